The molecule has 0 aromatic heterocycles. The minimum absolute atomic E-state index is 0.301. The zero-order chi connectivity index (χ0) is 12.9. The highest BCUT2D eigenvalue weighted by molar-refractivity contribution is 7.84. The van der Waals surface area contributed by atoms with Crippen LogP contribution in [0.4, 0.5) is 0 Å². The number of nitrogens with zero attached hydrogens (tertiary/aromatic N) is 1. The normalized spacial score (nSPS) is 14.4. The Morgan fingerprint density at radius 2 is 2.12 bits per heavy atom. The first-order valence-corrected chi connectivity index (χ1v) is 5.22. The van der Waals surface area contributed by atoms with Crippen LogP contribution in [-0.4, -0.2) is 42.7 Å². The maximum absolute atomic E-state index is 11.1. The highest BCUT2D eigenvalue weighted by Gasteiger charge is 2.32. The van der Waals surface area contributed by atoms with E-state index in [1.165, 1.54) is 6.20 Å². The topological polar surface area (TPSA) is 75.3 Å². The molecule has 0 aliphatic heterocycles. The summed E-state index contributed by atoms with van der Waals surface area (Å²) in [5.74, 6) is -0.863. The maximum Gasteiger partial charge on any atom is 0.362 e. The molecule has 0 rings (SSSR count). The number of likely N-dealkylation sites (N-methyl/N-ethyl adjacent to an activating group) is 1. The third-order valence-electron chi connectivity index (χ3n) is 2.14. The molecule has 92 valence electrons. The van der Waals surface area contributed by atoms with E-state index in [2.05, 4.69) is 24.5 Å². The molecule has 6 heteroatoms. The van der Waals surface area contributed by atoms with E-state index >= 15 is 0 Å². The fraction of sp³-hybridized carbons (Fsp3) is 0.500. The highest BCUT2D eigenvalue weighted by atomic mass is 32.1. The number of nitrogens with two attached hydrogens (primary N) is 1. The van der Waals surface area contributed by atoms with Crippen molar-refractivity contribution in [1.29, 1.82) is 0 Å². The number of thiol groups is 1. The van der Waals surface area contributed by atoms with Gasteiger partial charge in [0, 0.05) is 11.9 Å². The van der Waals surface area contributed by atoms with Crippen LogP contribution in [0.2, 0.25) is 0 Å². The number of hydrogen-bond donors (Lipinski definition) is 4. The first-order chi connectivity index (χ1) is 7.18. The van der Waals surface area contributed by atoms with Gasteiger partial charge in [0.2, 0.25) is 0 Å². The SMILES string of the molecule is C=C(S)N/C(=C\N)C[C@@H](C(=O)O)[N+](C)(C)C. The molecule has 0 heterocycles. The Kier molecular flexibility index (Phi) is 5.40. The molecule has 0 aromatic rings. The summed E-state index contributed by atoms with van der Waals surface area (Å²) >= 11 is 3.98. The van der Waals surface area contributed by atoms with Crippen LogP contribution in [0.5, 0.6) is 0 Å². The van der Waals surface area contributed by atoms with Crippen molar-refractivity contribution in [3.63, 3.8) is 0 Å². The molecule has 0 radical (unpaired) electrons. The van der Waals surface area contributed by atoms with Crippen molar-refractivity contribution in [3.8, 4) is 0 Å². The molecular weight excluding hydrogens is 226 g/mol. The quantitative estimate of drug-likeness (QED) is 0.402. The van der Waals surface area contributed by atoms with Gasteiger partial charge >= 0.3 is 5.97 Å². The lowest BCUT2D eigenvalue weighted by molar-refractivity contribution is -0.887. The zero-order valence-corrected chi connectivity index (χ0v) is 10.8. The van der Waals surface area contributed by atoms with Gasteiger partial charge in [-0.05, 0) is 0 Å². The van der Waals surface area contributed by atoms with E-state index in [0.29, 0.717) is 21.6 Å². The molecule has 0 spiro atoms. The van der Waals surface area contributed by atoms with E-state index in [0.717, 1.165) is 0 Å². The molecule has 0 aromatic carbocycles. The molecule has 0 saturated carbocycles. The van der Waals surface area contributed by atoms with Crippen LogP contribution < -0.4 is 11.1 Å². The van der Waals surface area contributed by atoms with E-state index in [9.17, 15) is 4.79 Å². The molecule has 4 N–H and O–H groups in total. The molecule has 16 heavy (non-hydrogen) atoms. The smallest absolute Gasteiger partial charge is 0.362 e. The van der Waals surface area contributed by atoms with E-state index in [1.54, 1.807) is 0 Å². The van der Waals surface area contributed by atoms with Crippen molar-refractivity contribution in [2.75, 3.05) is 21.1 Å². The van der Waals surface area contributed by atoms with Gasteiger partial charge in [-0.15, -0.1) is 12.6 Å². The Hall–Kier alpha value is -1.14. The number of carboxylic acids is 1. The van der Waals surface area contributed by atoms with Crippen molar-refractivity contribution in [3.05, 3.63) is 23.5 Å². The minimum atomic E-state index is -0.863. The maximum atomic E-state index is 11.1. The molecule has 0 amide bonds. The zero-order valence-electron chi connectivity index (χ0n) is 9.90. The summed E-state index contributed by atoms with van der Waals surface area (Å²) in [6.07, 6.45) is 1.64. The van der Waals surface area contributed by atoms with Gasteiger partial charge in [-0.1, -0.05) is 6.58 Å². The monoisotopic (exact) mass is 246 g/mol. The second-order valence-electron chi connectivity index (χ2n) is 4.44. The number of carbonyl (C=O) groups is 1. The van der Waals surface area contributed by atoms with Gasteiger partial charge in [0.15, 0.2) is 6.04 Å². The lowest BCUT2D eigenvalue weighted by Gasteiger charge is -2.31. The Bertz CT molecular complexity index is 308. The summed E-state index contributed by atoms with van der Waals surface area (Å²) in [6.45, 7) is 3.56. The van der Waals surface area contributed by atoms with Crippen molar-refractivity contribution >= 4 is 18.6 Å². The third kappa shape index (κ3) is 5.09. The Morgan fingerprint density at radius 3 is 2.38 bits per heavy atom. The minimum Gasteiger partial charge on any atom is -0.477 e. The summed E-state index contributed by atoms with van der Waals surface area (Å²) in [4.78, 5) is 11.1. The highest BCUT2D eigenvalue weighted by Crippen LogP contribution is 2.13. The van der Waals surface area contributed by atoms with Crippen molar-refractivity contribution in [2.45, 2.75) is 12.5 Å². The van der Waals surface area contributed by atoms with Crippen LogP contribution in [-0.2, 0) is 4.79 Å². The van der Waals surface area contributed by atoms with Gasteiger partial charge in [-0.25, -0.2) is 4.79 Å². The van der Waals surface area contributed by atoms with E-state index < -0.39 is 12.0 Å². The predicted molar refractivity (Wildman–Crippen MR) is 67.6 cm³/mol. The fourth-order valence-electron chi connectivity index (χ4n) is 1.25. The second-order valence-corrected chi connectivity index (χ2v) is 4.98. The Balaban J connectivity index is 4.75. The molecule has 0 aliphatic rings. The van der Waals surface area contributed by atoms with Crippen molar-refractivity contribution in [2.24, 2.45) is 5.73 Å². The number of carboxylic acid groups (broad SMARTS) is 1. The molecule has 0 fully saturated rings. The van der Waals surface area contributed by atoms with E-state index in [4.69, 9.17) is 10.8 Å². The number of aliphatic carboxylic acids is 1. The summed E-state index contributed by atoms with van der Waals surface area (Å²) in [6, 6.07) is -0.574. The first-order valence-electron chi connectivity index (χ1n) is 4.78. The van der Waals surface area contributed by atoms with Crippen LogP contribution in [0.25, 0.3) is 0 Å². The van der Waals surface area contributed by atoms with Crippen LogP contribution in [0.15, 0.2) is 23.5 Å². The van der Waals surface area contributed by atoms with Gasteiger partial charge in [0.1, 0.15) is 0 Å². The van der Waals surface area contributed by atoms with Crippen LogP contribution >= 0.6 is 12.6 Å². The summed E-state index contributed by atoms with van der Waals surface area (Å²) in [5, 5.41) is 12.4. The van der Waals surface area contributed by atoms with Crippen molar-refractivity contribution in [1.82, 2.24) is 5.32 Å². The van der Waals surface area contributed by atoms with Crippen LogP contribution in [0, 0.1) is 0 Å². The van der Waals surface area contributed by atoms with E-state index in [1.807, 2.05) is 21.1 Å². The summed E-state index contributed by atoms with van der Waals surface area (Å²) in [5.41, 5.74) is 6.01. The van der Waals surface area contributed by atoms with Gasteiger partial charge in [-0.2, -0.15) is 0 Å². The molecule has 0 saturated heterocycles. The average Bonchev–Trinajstić information content (AvgIpc) is 2.08. The molecule has 5 nitrogen and oxygen atoms in total. The fourth-order valence-corrected chi connectivity index (χ4v) is 1.39. The molecular formula is C10H20N3O2S+. The Morgan fingerprint density at radius 1 is 1.62 bits per heavy atom. The van der Waals surface area contributed by atoms with Gasteiger partial charge in [0.25, 0.3) is 0 Å². The largest absolute Gasteiger partial charge is 0.477 e. The summed E-state index contributed by atoms with van der Waals surface area (Å²) < 4.78 is 0.313. The molecule has 0 aliphatic carbocycles. The third-order valence-corrected chi connectivity index (χ3v) is 2.25. The summed E-state index contributed by atoms with van der Waals surface area (Å²) in [7, 11) is 5.47. The Labute approximate surface area is 102 Å². The number of quaternary nitrogens is 1. The van der Waals surface area contributed by atoms with Crippen LogP contribution in [0.3, 0.4) is 0 Å². The predicted octanol–water partition coefficient (Wildman–Crippen LogP) is 0.327. The molecule has 0 bridgehead atoms. The van der Waals surface area contributed by atoms with Gasteiger partial charge in [-0.3, -0.25) is 0 Å². The average molecular weight is 246 g/mol. The number of rotatable bonds is 6. The van der Waals surface area contributed by atoms with Crippen LogP contribution in [0.1, 0.15) is 6.42 Å². The number of nitrogens with one attached hydrogen (secondary N) is 1. The lowest BCUT2D eigenvalue weighted by Crippen LogP contribution is -2.50. The van der Waals surface area contributed by atoms with Gasteiger partial charge in [0.05, 0.1) is 32.6 Å². The van der Waals surface area contributed by atoms with Gasteiger partial charge < -0.3 is 20.6 Å². The second kappa shape index (κ2) is 5.81. The van der Waals surface area contributed by atoms with E-state index in [-0.39, 0.29) is 0 Å². The van der Waals surface area contributed by atoms with Crippen molar-refractivity contribution < 1.29 is 14.4 Å². The molecule has 0 unspecified atom stereocenters. The number of hydrogen-bond acceptors (Lipinski definition) is 4. The molecule has 1 atom stereocenters. The standard InChI is InChI=1S/C10H19N3O2S/c1-7(16)12-8(6-11)5-9(10(14)15)13(2,3)4/h6,9,12H,1,5,11H2,2-4H3,(H-,14,15,16)/p+1/b8-6-/t9-/m0/s1. The first kappa shape index (κ1) is 14.9. The lowest BCUT2D eigenvalue weighted by atomic mass is 10.1.